The van der Waals surface area contributed by atoms with Crippen molar-refractivity contribution in [3.8, 4) is 0 Å². The van der Waals surface area contributed by atoms with Gasteiger partial charge >= 0.3 is 0 Å². The third-order valence-electron chi connectivity index (χ3n) is 7.90. The topological polar surface area (TPSA) is 37.2 Å². The van der Waals surface area contributed by atoms with Gasteiger partial charge in [0.05, 0.1) is 11.4 Å². The molecule has 4 rings (SSSR count). The van der Waals surface area contributed by atoms with Crippen LogP contribution in [-0.2, 0) is 5.41 Å². The Hall–Kier alpha value is -1.64. The van der Waals surface area contributed by atoms with Gasteiger partial charge in [0, 0.05) is 36.5 Å². The van der Waals surface area contributed by atoms with E-state index in [0.29, 0.717) is 17.3 Å². The number of fused-ring (bicyclic) bond motifs is 5. The molecule has 0 saturated heterocycles. The molecule has 0 amide bonds. The molecular formula is C24H36N2O. The van der Waals surface area contributed by atoms with Crippen LogP contribution in [0, 0.1) is 18.3 Å². The summed E-state index contributed by atoms with van der Waals surface area (Å²) in [5.74, 6) is 2.46. The van der Waals surface area contributed by atoms with E-state index in [0.717, 1.165) is 11.3 Å². The van der Waals surface area contributed by atoms with Crippen molar-refractivity contribution in [2.45, 2.75) is 78.1 Å². The van der Waals surface area contributed by atoms with Crippen molar-refractivity contribution < 1.29 is 4.42 Å². The van der Waals surface area contributed by atoms with Gasteiger partial charge in [-0.15, -0.1) is 0 Å². The van der Waals surface area contributed by atoms with Crippen molar-refractivity contribution >= 4 is 22.3 Å². The molecule has 0 spiro atoms. The number of hydrogen-bond acceptors (Lipinski definition) is 3. The first kappa shape index (κ1) is 18.7. The molecule has 1 fully saturated rings. The molecule has 2 aliphatic carbocycles. The minimum absolute atomic E-state index is 0.200. The molecule has 0 aliphatic heterocycles. The highest BCUT2D eigenvalue weighted by molar-refractivity contribution is 5.96. The Kier molecular flexibility index (Phi) is 4.29. The largest absolute Gasteiger partial charge is 0.460 e. The molecular weight excluding hydrogens is 332 g/mol. The molecule has 0 radical (unpaired) electrons. The molecule has 3 atom stereocenters. The first-order valence-corrected chi connectivity index (χ1v) is 10.7. The molecule has 0 bridgehead atoms. The predicted octanol–water partition coefficient (Wildman–Crippen LogP) is 6.81. The molecule has 1 aromatic carbocycles. The minimum Gasteiger partial charge on any atom is -0.460 e. The SMILES string of the molecule is CNc1cc2c3c(oc2c(C)c1NC)C(C)CC[C@@H]1C(C)(C)CCC[C@@]31C. The van der Waals surface area contributed by atoms with E-state index in [1.807, 2.05) is 14.1 Å². The molecule has 1 unspecified atom stereocenters. The lowest BCUT2D eigenvalue weighted by atomic mass is 9.53. The number of hydrogen-bond donors (Lipinski definition) is 2. The maximum absolute atomic E-state index is 6.67. The Balaban J connectivity index is 2.06. The number of benzene rings is 1. The van der Waals surface area contributed by atoms with Crippen molar-refractivity contribution in [3.63, 3.8) is 0 Å². The third-order valence-corrected chi connectivity index (χ3v) is 7.90. The number of nitrogens with one attached hydrogen (secondary N) is 2. The predicted molar refractivity (Wildman–Crippen MR) is 116 cm³/mol. The second kappa shape index (κ2) is 6.18. The molecule has 3 nitrogen and oxygen atoms in total. The maximum Gasteiger partial charge on any atom is 0.139 e. The van der Waals surface area contributed by atoms with E-state index >= 15 is 0 Å². The summed E-state index contributed by atoms with van der Waals surface area (Å²) in [6.07, 6.45) is 6.47. The summed E-state index contributed by atoms with van der Waals surface area (Å²) in [5.41, 5.74) is 6.72. The van der Waals surface area contributed by atoms with Gasteiger partial charge in [-0.2, -0.15) is 0 Å². The van der Waals surface area contributed by atoms with Gasteiger partial charge in [0.2, 0.25) is 0 Å². The lowest BCUT2D eigenvalue weighted by Crippen LogP contribution is -2.44. The van der Waals surface area contributed by atoms with Gasteiger partial charge < -0.3 is 15.1 Å². The van der Waals surface area contributed by atoms with Crippen LogP contribution in [0.15, 0.2) is 10.5 Å². The quantitative estimate of drug-likeness (QED) is 0.611. The third kappa shape index (κ3) is 2.53. The smallest absolute Gasteiger partial charge is 0.139 e. The number of aryl methyl sites for hydroxylation is 1. The van der Waals surface area contributed by atoms with Gasteiger partial charge in [-0.1, -0.05) is 34.1 Å². The summed E-state index contributed by atoms with van der Waals surface area (Å²) in [7, 11) is 4.00. The van der Waals surface area contributed by atoms with Crippen LogP contribution in [0.3, 0.4) is 0 Å². The van der Waals surface area contributed by atoms with Crippen molar-refractivity contribution in [3.05, 3.63) is 23.0 Å². The van der Waals surface area contributed by atoms with Gasteiger partial charge in [-0.3, -0.25) is 0 Å². The molecule has 3 heteroatoms. The van der Waals surface area contributed by atoms with E-state index in [2.05, 4.69) is 51.3 Å². The van der Waals surface area contributed by atoms with Gasteiger partial charge in [-0.05, 0) is 55.4 Å². The van der Waals surface area contributed by atoms with Crippen LogP contribution < -0.4 is 10.6 Å². The highest BCUT2D eigenvalue weighted by atomic mass is 16.3. The fourth-order valence-electron chi connectivity index (χ4n) is 6.54. The fourth-order valence-corrected chi connectivity index (χ4v) is 6.54. The molecule has 2 aliphatic rings. The Morgan fingerprint density at radius 2 is 1.81 bits per heavy atom. The zero-order valence-corrected chi connectivity index (χ0v) is 18.2. The molecule has 2 aromatic rings. The number of rotatable bonds is 2. The van der Waals surface area contributed by atoms with Crippen LogP contribution in [0.25, 0.3) is 11.0 Å². The van der Waals surface area contributed by atoms with E-state index in [1.165, 1.54) is 60.1 Å². The van der Waals surface area contributed by atoms with E-state index in [4.69, 9.17) is 4.42 Å². The Labute approximate surface area is 164 Å². The van der Waals surface area contributed by atoms with Crippen molar-refractivity contribution in [2.75, 3.05) is 24.7 Å². The number of anilines is 2. The highest BCUT2D eigenvalue weighted by Crippen LogP contribution is 2.60. The van der Waals surface area contributed by atoms with E-state index < -0.39 is 0 Å². The molecule has 1 saturated carbocycles. The second-order valence-electron chi connectivity index (χ2n) is 9.93. The lowest BCUT2D eigenvalue weighted by molar-refractivity contribution is 0.0504. The summed E-state index contributed by atoms with van der Waals surface area (Å²) >= 11 is 0. The van der Waals surface area contributed by atoms with Crippen LogP contribution >= 0.6 is 0 Å². The van der Waals surface area contributed by atoms with Gasteiger partial charge in [0.15, 0.2) is 0 Å². The van der Waals surface area contributed by atoms with Crippen LogP contribution in [-0.4, -0.2) is 14.1 Å². The summed E-state index contributed by atoms with van der Waals surface area (Å²) in [6, 6.07) is 2.33. The molecule has 148 valence electrons. The monoisotopic (exact) mass is 368 g/mol. The number of furan rings is 1. The highest BCUT2D eigenvalue weighted by Gasteiger charge is 2.51. The summed E-state index contributed by atoms with van der Waals surface area (Å²) in [6.45, 7) is 12.1. The second-order valence-corrected chi connectivity index (χ2v) is 9.93. The van der Waals surface area contributed by atoms with Crippen LogP contribution in [0.4, 0.5) is 11.4 Å². The van der Waals surface area contributed by atoms with E-state index in [-0.39, 0.29) is 5.41 Å². The normalized spacial score (nSPS) is 29.7. The first-order valence-electron chi connectivity index (χ1n) is 10.7. The van der Waals surface area contributed by atoms with Crippen molar-refractivity contribution in [2.24, 2.45) is 11.3 Å². The fraction of sp³-hybridized carbons (Fsp3) is 0.667. The van der Waals surface area contributed by atoms with Gasteiger partial charge in [0.25, 0.3) is 0 Å². The zero-order valence-electron chi connectivity index (χ0n) is 18.2. The summed E-state index contributed by atoms with van der Waals surface area (Å²) in [4.78, 5) is 0. The molecule has 27 heavy (non-hydrogen) atoms. The molecule has 1 aromatic heterocycles. The Morgan fingerprint density at radius 1 is 1.07 bits per heavy atom. The first-order chi connectivity index (χ1) is 12.7. The molecule has 2 N–H and O–H groups in total. The van der Waals surface area contributed by atoms with Gasteiger partial charge in [-0.25, -0.2) is 0 Å². The Bertz CT molecular complexity index is 878. The molecule has 1 heterocycles. The summed E-state index contributed by atoms with van der Waals surface area (Å²) in [5, 5.41) is 8.10. The maximum atomic E-state index is 6.67. The van der Waals surface area contributed by atoms with Crippen molar-refractivity contribution in [1.82, 2.24) is 0 Å². The van der Waals surface area contributed by atoms with Crippen LogP contribution in [0.2, 0.25) is 0 Å². The van der Waals surface area contributed by atoms with Crippen molar-refractivity contribution in [1.29, 1.82) is 0 Å². The average Bonchev–Trinajstić information content (AvgIpc) is 2.96. The van der Waals surface area contributed by atoms with Crippen LogP contribution in [0.5, 0.6) is 0 Å². The Morgan fingerprint density at radius 3 is 2.48 bits per heavy atom. The van der Waals surface area contributed by atoms with Gasteiger partial charge in [0.1, 0.15) is 11.3 Å². The average molecular weight is 369 g/mol. The van der Waals surface area contributed by atoms with E-state index in [1.54, 1.807) is 0 Å². The van der Waals surface area contributed by atoms with Crippen LogP contribution in [0.1, 0.15) is 82.6 Å². The lowest BCUT2D eigenvalue weighted by Gasteiger charge is -2.50. The summed E-state index contributed by atoms with van der Waals surface area (Å²) < 4.78 is 6.67. The minimum atomic E-state index is 0.200. The zero-order chi connectivity index (χ0) is 19.6. The standard InChI is InChI=1S/C24H36N2O/c1-14-9-10-18-23(3,4)11-8-12-24(18,5)19-16-13-17(25-6)20(26-7)15(2)22(16)27-21(14)19/h13-14,18,25-26H,8-12H2,1-7H3/t14?,18-,24-/m1/s1. The van der Waals surface area contributed by atoms with E-state index in [9.17, 15) is 0 Å².